The average Bonchev–Trinajstić information content (AvgIpc) is 3.20. The number of benzene rings is 1. The number of carbonyl (C=O) groups is 1. The second-order valence-electron chi connectivity index (χ2n) is 4.85. The lowest BCUT2D eigenvalue weighted by molar-refractivity contribution is -0.131. The van der Waals surface area contributed by atoms with Crippen molar-refractivity contribution in [1.29, 1.82) is 0 Å². The molecule has 104 valence electrons. The van der Waals surface area contributed by atoms with Gasteiger partial charge in [0, 0.05) is 18.2 Å². The van der Waals surface area contributed by atoms with Gasteiger partial charge >= 0.3 is 0 Å². The molecular weight excluding hydrogens is 250 g/mol. The van der Waals surface area contributed by atoms with Gasteiger partial charge in [-0.2, -0.15) is 0 Å². The van der Waals surface area contributed by atoms with Crippen LogP contribution >= 0.6 is 0 Å². The summed E-state index contributed by atoms with van der Waals surface area (Å²) in [7, 11) is 0. The van der Waals surface area contributed by atoms with Gasteiger partial charge < -0.3 is 10.6 Å². The molecule has 19 heavy (non-hydrogen) atoms. The predicted octanol–water partition coefficient (Wildman–Crippen LogP) is 1.85. The number of halogens is 2. The molecule has 0 radical (unpaired) electrons. The van der Waals surface area contributed by atoms with Gasteiger partial charge in [-0.05, 0) is 31.9 Å². The number of hydrogen-bond donors (Lipinski definition) is 1. The topological polar surface area (TPSA) is 46.3 Å². The Morgan fingerprint density at radius 1 is 1.37 bits per heavy atom. The molecular formula is C14H18F2N2O. The van der Waals surface area contributed by atoms with Gasteiger partial charge in [-0.3, -0.25) is 4.79 Å². The van der Waals surface area contributed by atoms with Gasteiger partial charge in [0.1, 0.15) is 0 Å². The third kappa shape index (κ3) is 3.50. The fraction of sp³-hybridized carbons (Fsp3) is 0.500. The lowest BCUT2D eigenvalue weighted by atomic mass is 10.1. The molecule has 0 atom stereocenters. The van der Waals surface area contributed by atoms with E-state index in [2.05, 4.69) is 0 Å². The lowest BCUT2D eigenvalue weighted by Crippen LogP contribution is -2.36. The van der Waals surface area contributed by atoms with E-state index in [1.807, 2.05) is 0 Å². The summed E-state index contributed by atoms with van der Waals surface area (Å²) in [5.41, 5.74) is 5.56. The molecule has 3 nitrogen and oxygen atoms in total. The maximum Gasteiger partial charge on any atom is 0.227 e. The SMILES string of the molecule is NCCCN(C(=O)Cc1cccc(F)c1F)C1CC1. The van der Waals surface area contributed by atoms with Crippen LogP contribution < -0.4 is 5.73 Å². The van der Waals surface area contributed by atoms with Gasteiger partial charge in [-0.15, -0.1) is 0 Å². The Balaban J connectivity index is 2.03. The maximum absolute atomic E-state index is 13.5. The van der Waals surface area contributed by atoms with Gasteiger partial charge in [0.05, 0.1) is 6.42 Å². The molecule has 0 aromatic heterocycles. The van der Waals surface area contributed by atoms with E-state index in [-0.39, 0.29) is 23.9 Å². The third-order valence-corrected chi connectivity index (χ3v) is 3.28. The minimum absolute atomic E-state index is 0.0926. The molecule has 1 saturated carbocycles. The van der Waals surface area contributed by atoms with Crippen LogP contribution in [0.3, 0.4) is 0 Å². The van der Waals surface area contributed by atoms with E-state index < -0.39 is 11.6 Å². The molecule has 1 aromatic carbocycles. The second kappa shape index (κ2) is 6.10. The van der Waals surface area contributed by atoms with Crippen LogP contribution in [0.4, 0.5) is 8.78 Å². The Kier molecular flexibility index (Phi) is 4.47. The van der Waals surface area contributed by atoms with Crippen molar-refractivity contribution in [3.05, 3.63) is 35.4 Å². The van der Waals surface area contributed by atoms with Gasteiger partial charge in [-0.25, -0.2) is 8.78 Å². The number of hydrogen-bond acceptors (Lipinski definition) is 2. The summed E-state index contributed by atoms with van der Waals surface area (Å²) >= 11 is 0. The van der Waals surface area contributed by atoms with Crippen LogP contribution in [0.25, 0.3) is 0 Å². The summed E-state index contributed by atoms with van der Waals surface area (Å²) in [6.07, 6.45) is 2.61. The molecule has 0 bridgehead atoms. The van der Waals surface area contributed by atoms with Crippen molar-refractivity contribution in [2.75, 3.05) is 13.1 Å². The van der Waals surface area contributed by atoms with Crippen molar-refractivity contribution >= 4 is 5.91 Å². The van der Waals surface area contributed by atoms with Gasteiger partial charge in [0.2, 0.25) is 5.91 Å². The standard InChI is InChI=1S/C14H18F2N2O/c15-12-4-1-3-10(14(12)16)9-13(19)18(8-2-7-17)11-5-6-11/h1,3-4,11H,2,5-9,17H2. The van der Waals surface area contributed by atoms with E-state index in [4.69, 9.17) is 5.73 Å². The molecule has 1 aromatic rings. The smallest absolute Gasteiger partial charge is 0.227 e. The van der Waals surface area contributed by atoms with Gasteiger partial charge in [0.25, 0.3) is 0 Å². The summed E-state index contributed by atoms with van der Waals surface area (Å²) in [6, 6.07) is 4.18. The zero-order valence-electron chi connectivity index (χ0n) is 10.7. The summed E-state index contributed by atoms with van der Waals surface area (Å²) in [5.74, 6) is -1.99. The monoisotopic (exact) mass is 268 g/mol. The summed E-state index contributed by atoms with van der Waals surface area (Å²) in [5, 5.41) is 0. The molecule has 0 unspecified atom stereocenters. The van der Waals surface area contributed by atoms with Crippen molar-refractivity contribution in [2.24, 2.45) is 5.73 Å². The fourth-order valence-corrected chi connectivity index (χ4v) is 2.11. The van der Waals surface area contributed by atoms with E-state index in [0.29, 0.717) is 13.1 Å². The van der Waals surface area contributed by atoms with Crippen molar-refractivity contribution in [3.63, 3.8) is 0 Å². The molecule has 2 rings (SSSR count). The molecule has 0 heterocycles. The first-order valence-corrected chi connectivity index (χ1v) is 6.56. The molecule has 0 spiro atoms. The van der Waals surface area contributed by atoms with Crippen molar-refractivity contribution in [1.82, 2.24) is 4.90 Å². The largest absolute Gasteiger partial charge is 0.339 e. The summed E-state index contributed by atoms with van der Waals surface area (Å²) < 4.78 is 26.6. The number of nitrogens with two attached hydrogens (primary N) is 1. The Hall–Kier alpha value is -1.49. The van der Waals surface area contributed by atoms with Crippen LogP contribution in [0.5, 0.6) is 0 Å². The predicted molar refractivity (Wildman–Crippen MR) is 68.5 cm³/mol. The molecule has 0 saturated heterocycles. The number of nitrogens with zero attached hydrogens (tertiary/aromatic N) is 1. The molecule has 1 amide bonds. The molecule has 1 aliphatic carbocycles. The zero-order valence-corrected chi connectivity index (χ0v) is 10.7. The number of amides is 1. The highest BCUT2D eigenvalue weighted by Crippen LogP contribution is 2.27. The number of carbonyl (C=O) groups excluding carboxylic acids is 1. The van der Waals surface area contributed by atoms with Crippen LogP contribution in [-0.4, -0.2) is 29.9 Å². The second-order valence-corrected chi connectivity index (χ2v) is 4.85. The maximum atomic E-state index is 13.5. The van der Waals surface area contributed by atoms with Crippen LogP contribution in [0, 0.1) is 11.6 Å². The average molecular weight is 268 g/mol. The quantitative estimate of drug-likeness (QED) is 0.855. The number of rotatable bonds is 6. The van der Waals surface area contributed by atoms with Crippen LogP contribution in [-0.2, 0) is 11.2 Å². The molecule has 0 aliphatic heterocycles. The van der Waals surface area contributed by atoms with Gasteiger partial charge in [0.15, 0.2) is 11.6 Å². The first-order valence-electron chi connectivity index (χ1n) is 6.56. The normalized spacial score (nSPS) is 14.5. The Labute approximate surface area is 111 Å². The van der Waals surface area contributed by atoms with Crippen LogP contribution in [0.15, 0.2) is 18.2 Å². The zero-order chi connectivity index (χ0) is 13.8. The Morgan fingerprint density at radius 3 is 2.74 bits per heavy atom. The van der Waals surface area contributed by atoms with E-state index >= 15 is 0 Å². The minimum Gasteiger partial charge on any atom is -0.339 e. The Bertz CT molecular complexity index is 461. The van der Waals surface area contributed by atoms with Crippen molar-refractivity contribution < 1.29 is 13.6 Å². The molecule has 2 N–H and O–H groups in total. The van der Waals surface area contributed by atoms with E-state index in [1.165, 1.54) is 12.1 Å². The molecule has 5 heteroatoms. The van der Waals surface area contributed by atoms with E-state index in [9.17, 15) is 13.6 Å². The third-order valence-electron chi connectivity index (χ3n) is 3.28. The Morgan fingerprint density at radius 2 is 2.11 bits per heavy atom. The van der Waals surface area contributed by atoms with E-state index in [1.54, 1.807) is 4.90 Å². The highest BCUT2D eigenvalue weighted by molar-refractivity contribution is 5.79. The fourth-order valence-electron chi connectivity index (χ4n) is 2.11. The first kappa shape index (κ1) is 13.9. The van der Waals surface area contributed by atoms with Crippen molar-refractivity contribution in [3.8, 4) is 0 Å². The summed E-state index contributed by atoms with van der Waals surface area (Å²) in [6.45, 7) is 1.11. The van der Waals surface area contributed by atoms with Crippen LogP contribution in [0.1, 0.15) is 24.8 Å². The highest BCUT2D eigenvalue weighted by Gasteiger charge is 2.32. The highest BCUT2D eigenvalue weighted by atomic mass is 19.2. The lowest BCUT2D eigenvalue weighted by Gasteiger charge is -2.22. The van der Waals surface area contributed by atoms with Crippen LogP contribution in [0.2, 0.25) is 0 Å². The first-order chi connectivity index (χ1) is 9.13. The summed E-state index contributed by atoms with van der Waals surface area (Å²) in [4.78, 5) is 13.9. The molecule has 1 aliphatic rings. The molecule has 1 fully saturated rings. The van der Waals surface area contributed by atoms with Crippen molar-refractivity contribution in [2.45, 2.75) is 31.7 Å². The minimum atomic E-state index is -0.926. The van der Waals surface area contributed by atoms with Gasteiger partial charge in [-0.1, -0.05) is 12.1 Å². The van der Waals surface area contributed by atoms with E-state index in [0.717, 1.165) is 25.3 Å².